The molecule has 2 amide bonds. The third kappa shape index (κ3) is 2.02. The molecular weight excluding hydrogens is 156 g/mol. The van der Waals surface area contributed by atoms with Crippen LogP contribution in [0.4, 0.5) is 10.7 Å². The van der Waals surface area contributed by atoms with Crippen molar-refractivity contribution in [1.82, 2.24) is 4.90 Å². The highest BCUT2D eigenvalue weighted by atomic mass is 16.3. The summed E-state index contributed by atoms with van der Waals surface area (Å²) in [6.07, 6.45) is 1.52. The molecule has 0 bridgehead atoms. The van der Waals surface area contributed by atoms with Crippen LogP contribution in [0, 0.1) is 0 Å². The minimum atomic E-state index is -0.160. The fourth-order valence-electron chi connectivity index (χ4n) is 0.694. The quantitative estimate of drug-likeness (QED) is 0.731. The molecule has 0 unspecified atom stereocenters. The van der Waals surface area contributed by atoms with Gasteiger partial charge in [-0.2, -0.15) is 0 Å². The molecule has 1 aromatic heterocycles. The second-order valence-electron chi connectivity index (χ2n) is 2.42. The molecule has 12 heavy (non-hydrogen) atoms. The maximum absolute atomic E-state index is 11.2. The van der Waals surface area contributed by atoms with Gasteiger partial charge in [0.1, 0.15) is 0 Å². The molecule has 0 aromatic carbocycles. The summed E-state index contributed by atoms with van der Waals surface area (Å²) in [6, 6.07) is 3.26. The summed E-state index contributed by atoms with van der Waals surface area (Å²) in [4.78, 5) is 12.8. The van der Waals surface area contributed by atoms with Gasteiger partial charge in [-0.1, -0.05) is 0 Å². The number of anilines is 1. The molecule has 0 saturated heterocycles. The van der Waals surface area contributed by atoms with Crippen LogP contribution in [0.2, 0.25) is 0 Å². The smallest absolute Gasteiger partial charge is 0.323 e. The minimum absolute atomic E-state index is 0.160. The predicted octanol–water partition coefficient (Wildman–Crippen LogP) is 1.76. The van der Waals surface area contributed by atoms with Gasteiger partial charge in [-0.25, -0.2) is 4.79 Å². The standard InChI is InChI=1S/C8H12N2O2/c1-3-10(2)8(11)9-7-5-4-6-12-7/h4-6H,3H2,1-2H3,(H,9,11). The Morgan fingerprint density at radius 2 is 2.50 bits per heavy atom. The molecule has 1 aromatic rings. The Labute approximate surface area is 71.2 Å². The van der Waals surface area contributed by atoms with Gasteiger partial charge >= 0.3 is 6.03 Å². The van der Waals surface area contributed by atoms with Gasteiger partial charge in [-0.3, -0.25) is 5.32 Å². The molecule has 1 rings (SSSR count). The average Bonchev–Trinajstić information content (AvgIpc) is 2.55. The number of carbonyl (C=O) groups is 1. The van der Waals surface area contributed by atoms with Crippen molar-refractivity contribution in [3.8, 4) is 0 Å². The Bertz CT molecular complexity index is 244. The first-order valence-electron chi connectivity index (χ1n) is 3.79. The number of carbonyl (C=O) groups excluding carboxylic acids is 1. The van der Waals surface area contributed by atoms with E-state index in [1.807, 2.05) is 6.92 Å². The van der Waals surface area contributed by atoms with Gasteiger partial charge in [0, 0.05) is 19.7 Å². The Morgan fingerprint density at radius 3 is 3.00 bits per heavy atom. The SMILES string of the molecule is CCN(C)C(=O)Nc1ccco1. The summed E-state index contributed by atoms with van der Waals surface area (Å²) < 4.78 is 4.94. The number of nitrogens with zero attached hydrogens (tertiary/aromatic N) is 1. The topological polar surface area (TPSA) is 45.5 Å². The van der Waals surface area contributed by atoms with E-state index in [0.717, 1.165) is 0 Å². The number of hydrogen-bond acceptors (Lipinski definition) is 2. The van der Waals surface area contributed by atoms with Gasteiger partial charge in [0.2, 0.25) is 5.88 Å². The summed E-state index contributed by atoms with van der Waals surface area (Å²) in [5, 5.41) is 2.59. The molecule has 0 aliphatic carbocycles. The lowest BCUT2D eigenvalue weighted by Gasteiger charge is -2.13. The summed E-state index contributed by atoms with van der Waals surface area (Å²) in [7, 11) is 1.72. The molecule has 4 heteroatoms. The van der Waals surface area contributed by atoms with Crippen LogP contribution in [0.1, 0.15) is 6.92 Å². The molecule has 0 saturated carbocycles. The van der Waals surface area contributed by atoms with Crippen LogP contribution in [-0.2, 0) is 0 Å². The molecule has 1 N–H and O–H groups in total. The van der Waals surface area contributed by atoms with Gasteiger partial charge in [0.25, 0.3) is 0 Å². The Hall–Kier alpha value is -1.45. The predicted molar refractivity (Wildman–Crippen MR) is 46.0 cm³/mol. The van der Waals surface area contributed by atoms with Crippen LogP contribution in [0.15, 0.2) is 22.8 Å². The molecule has 0 aliphatic rings. The highest BCUT2D eigenvalue weighted by molar-refractivity contribution is 5.87. The zero-order valence-corrected chi connectivity index (χ0v) is 7.20. The first-order valence-corrected chi connectivity index (χ1v) is 3.79. The van der Waals surface area contributed by atoms with Crippen molar-refractivity contribution in [2.45, 2.75) is 6.92 Å². The molecule has 0 fully saturated rings. The lowest BCUT2D eigenvalue weighted by atomic mass is 10.6. The van der Waals surface area contributed by atoms with Crippen LogP contribution in [0.3, 0.4) is 0 Å². The highest BCUT2D eigenvalue weighted by Crippen LogP contribution is 2.06. The van der Waals surface area contributed by atoms with E-state index in [-0.39, 0.29) is 6.03 Å². The van der Waals surface area contributed by atoms with Crippen LogP contribution in [0.5, 0.6) is 0 Å². The molecule has 4 nitrogen and oxygen atoms in total. The molecule has 0 aliphatic heterocycles. The number of nitrogens with one attached hydrogen (secondary N) is 1. The van der Waals surface area contributed by atoms with Gasteiger partial charge < -0.3 is 9.32 Å². The normalized spacial score (nSPS) is 9.50. The second kappa shape index (κ2) is 3.80. The Kier molecular flexibility index (Phi) is 2.74. The van der Waals surface area contributed by atoms with E-state index >= 15 is 0 Å². The number of furan rings is 1. The second-order valence-corrected chi connectivity index (χ2v) is 2.42. The molecule has 0 spiro atoms. The largest absolute Gasteiger partial charge is 0.449 e. The van der Waals surface area contributed by atoms with Crippen LogP contribution in [-0.4, -0.2) is 24.5 Å². The number of rotatable bonds is 2. The van der Waals surface area contributed by atoms with Crippen molar-refractivity contribution in [3.63, 3.8) is 0 Å². The fourth-order valence-corrected chi connectivity index (χ4v) is 0.694. The lowest BCUT2D eigenvalue weighted by Crippen LogP contribution is -2.30. The number of hydrogen-bond donors (Lipinski definition) is 1. The van der Waals surface area contributed by atoms with Crippen molar-refractivity contribution >= 4 is 11.9 Å². The number of amides is 2. The molecule has 66 valence electrons. The molecule has 1 heterocycles. The first kappa shape index (κ1) is 8.64. The molecule has 0 radical (unpaired) electrons. The van der Waals surface area contributed by atoms with Crippen LogP contribution >= 0.6 is 0 Å². The van der Waals surface area contributed by atoms with Crippen LogP contribution < -0.4 is 5.32 Å². The van der Waals surface area contributed by atoms with E-state index in [2.05, 4.69) is 5.32 Å². The van der Waals surface area contributed by atoms with Crippen molar-refractivity contribution in [3.05, 3.63) is 18.4 Å². The van der Waals surface area contributed by atoms with E-state index in [1.165, 1.54) is 6.26 Å². The summed E-state index contributed by atoms with van der Waals surface area (Å²) in [5.41, 5.74) is 0. The van der Waals surface area contributed by atoms with Crippen LogP contribution in [0.25, 0.3) is 0 Å². The molecular formula is C8H12N2O2. The van der Waals surface area contributed by atoms with Crippen molar-refractivity contribution in [2.75, 3.05) is 18.9 Å². The summed E-state index contributed by atoms with van der Waals surface area (Å²) in [6.45, 7) is 2.58. The monoisotopic (exact) mass is 168 g/mol. The molecule has 0 atom stereocenters. The van der Waals surface area contributed by atoms with Crippen molar-refractivity contribution in [1.29, 1.82) is 0 Å². The lowest BCUT2D eigenvalue weighted by molar-refractivity contribution is 0.224. The average molecular weight is 168 g/mol. The maximum atomic E-state index is 11.2. The zero-order valence-electron chi connectivity index (χ0n) is 7.20. The van der Waals surface area contributed by atoms with Gasteiger partial charge in [0.05, 0.1) is 6.26 Å². The van der Waals surface area contributed by atoms with Crippen molar-refractivity contribution in [2.24, 2.45) is 0 Å². The van der Waals surface area contributed by atoms with Gasteiger partial charge in [-0.05, 0) is 13.0 Å². The third-order valence-corrected chi connectivity index (χ3v) is 1.57. The number of urea groups is 1. The van der Waals surface area contributed by atoms with E-state index in [0.29, 0.717) is 12.4 Å². The minimum Gasteiger partial charge on any atom is -0.449 e. The highest BCUT2D eigenvalue weighted by Gasteiger charge is 2.06. The maximum Gasteiger partial charge on any atom is 0.323 e. The Balaban J connectivity index is 2.47. The first-order chi connectivity index (χ1) is 5.74. The zero-order chi connectivity index (χ0) is 8.97. The fraction of sp³-hybridized carbons (Fsp3) is 0.375. The van der Waals surface area contributed by atoms with Crippen molar-refractivity contribution < 1.29 is 9.21 Å². The van der Waals surface area contributed by atoms with E-state index < -0.39 is 0 Å². The van der Waals surface area contributed by atoms with Gasteiger partial charge in [0.15, 0.2) is 0 Å². The van der Waals surface area contributed by atoms with E-state index in [4.69, 9.17) is 4.42 Å². The van der Waals surface area contributed by atoms with Gasteiger partial charge in [-0.15, -0.1) is 0 Å². The van der Waals surface area contributed by atoms with E-state index in [9.17, 15) is 4.79 Å². The Morgan fingerprint density at radius 1 is 1.75 bits per heavy atom. The summed E-state index contributed by atoms with van der Waals surface area (Å²) >= 11 is 0. The third-order valence-electron chi connectivity index (χ3n) is 1.57. The summed E-state index contributed by atoms with van der Waals surface area (Å²) in [5.74, 6) is 0.473. The van der Waals surface area contributed by atoms with E-state index in [1.54, 1.807) is 24.1 Å².